The van der Waals surface area contributed by atoms with Crippen molar-refractivity contribution in [3.05, 3.63) is 30.1 Å². The highest BCUT2D eigenvalue weighted by molar-refractivity contribution is 8.00. The van der Waals surface area contributed by atoms with Gasteiger partial charge in [0.05, 0.1) is 0 Å². The Kier molecular flexibility index (Phi) is 2.56. The van der Waals surface area contributed by atoms with Crippen molar-refractivity contribution < 1.29 is 4.39 Å². The van der Waals surface area contributed by atoms with Gasteiger partial charge in [-0.3, -0.25) is 0 Å². The molecule has 0 bridgehead atoms. The fourth-order valence-electron chi connectivity index (χ4n) is 1.41. The molecule has 1 aromatic rings. The Labute approximate surface area is 81.5 Å². The van der Waals surface area contributed by atoms with E-state index in [0.717, 1.165) is 17.7 Å². The zero-order chi connectivity index (χ0) is 9.26. The molecule has 13 heavy (non-hydrogen) atoms. The van der Waals surface area contributed by atoms with Gasteiger partial charge >= 0.3 is 0 Å². The van der Waals surface area contributed by atoms with Gasteiger partial charge in [0.2, 0.25) is 0 Å². The molecule has 1 aromatic carbocycles. The summed E-state index contributed by atoms with van der Waals surface area (Å²) >= 11 is 1.80. The fourth-order valence-corrected chi connectivity index (χ4v) is 2.77. The Bertz CT molecular complexity index is 279. The lowest BCUT2D eigenvalue weighted by atomic mass is 9.94. The maximum absolute atomic E-state index is 12.6. The van der Waals surface area contributed by atoms with E-state index in [1.165, 1.54) is 12.1 Å². The summed E-state index contributed by atoms with van der Waals surface area (Å²) in [7, 11) is 0. The highest BCUT2D eigenvalue weighted by atomic mass is 32.2. The number of benzene rings is 1. The fraction of sp³-hybridized carbons (Fsp3) is 0.400. The molecule has 1 aliphatic rings. The lowest BCUT2D eigenvalue weighted by Gasteiger charge is -2.31. The molecule has 0 unspecified atom stereocenters. The summed E-state index contributed by atoms with van der Waals surface area (Å²) in [4.78, 5) is 1.14. The molecule has 0 heterocycles. The van der Waals surface area contributed by atoms with E-state index >= 15 is 0 Å². The first-order chi connectivity index (χ1) is 6.24. The average Bonchev–Trinajstić information content (AvgIpc) is 2.06. The Morgan fingerprint density at radius 3 is 2.38 bits per heavy atom. The normalized spacial score (nSPS) is 26.9. The lowest BCUT2D eigenvalue weighted by molar-refractivity contribution is 0.433. The molecule has 1 saturated carbocycles. The first-order valence-electron chi connectivity index (χ1n) is 4.42. The topological polar surface area (TPSA) is 26.0 Å². The minimum absolute atomic E-state index is 0.172. The van der Waals surface area contributed by atoms with Crippen molar-refractivity contribution in [1.29, 1.82) is 0 Å². The van der Waals surface area contributed by atoms with E-state index in [1.807, 2.05) is 12.1 Å². The van der Waals surface area contributed by atoms with E-state index in [1.54, 1.807) is 11.8 Å². The lowest BCUT2D eigenvalue weighted by Crippen LogP contribution is -2.38. The van der Waals surface area contributed by atoms with Gasteiger partial charge in [0.15, 0.2) is 0 Å². The third-order valence-corrected chi connectivity index (χ3v) is 3.51. The predicted octanol–water partition coefficient (Wildman–Crippen LogP) is 2.41. The quantitative estimate of drug-likeness (QED) is 0.788. The van der Waals surface area contributed by atoms with Crippen LogP contribution in [0.1, 0.15) is 12.8 Å². The van der Waals surface area contributed by atoms with E-state index in [-0.39, 0.29) is 5.82 Å². The minimum Gasteiger partial charge on any atom is -0.328 e. The van der Waals surface area contributed by atoms with Crippen molar-refractivity contribution in [2.75, 3.05) is 0 Å². The van der Waals surface area contributed by atoms with Crippen LogP contribution in [0.15, 0.2) is 29.2 Å². The third kappa shape index (κ3) is 2.23. The van der Waals surface area contributed by atoms with E-state index in [0.29, 0.717) is 11.3 Å². The number of nitrogens with two attached hydrogens (primary N) is 1. The van der Waals surface area contributed by atoms with Gasteiger partial charge in [-0.15, -0.1) is 11.8 Å². The van der Waals surface area contributed by atoms with Gasteiger partial charge in [-0.25, -0.2) is 4.39 Å². The average molecular weight is 197 g/mol. The van der Waals surface area contributed by atoms with Gasteiger partial charge in [-0.05, 0) is 37.1 Å². The van der Waals surface area contributed by atoms with Crippen molar-refractivity contribution >= 4 is 11.8 Å². The minimum atomic E-state index is -0.172. The van der Waals surface area contributed by atoms with Crippen LogP contribution >= 0.6 is 11.8 Å². The van der Waals surface area contributed by atoms with Crippen molar-refractivity contribution in [2.45, 2.75) is 29.0 Å². The largest absolute Gasteiger partial charge is 0.328 e. The summed E-state index contributed by atoms with van der Waals surface area (Å²) in [5.74, 6) is -0.172. The Morgan fingerprint density at radius 2 is 1.85 bits per heavy atom. The predicted molar refractivity (Wildman–Crippen MR) is 53.3 cm³/mol. The van der Waals surface area contributed by atoms with Gasteiger partial charge in [0.1, 0.15) is 5.82 Å². The van der Waals surface area contributed by atoms with E-state index < -0.39 is 0 Å². The molecule has 3 heteroatoms. The summed E-state index contributed by atoms with van der Waals surface area (Å²) in [5.41, 5.74) is 5.67. The summed E-state index contributed by atoms with van der Waals surface area (Å²) in [5, 5.41) is 0.639. The Hall–Kier alpha value is -0.540. The van der Waals surface area contributed by atoms with Gasteiger partial charge < -0.3 is 5.73 Å². The molecule has 1 aliphatic carbocycles. The van der Waals surface area contributed by atoms with Gasteiger partial charge in [-0.1, -0.05) is 0 Å². The molecule has 2 N–H and O–H groups in total. The molecular weight excluding hydrogens is 185 g/mol. The van der Waals surface area contributed by atoms with Crippen LogP contribution in [0.3, 0.4) is 0 Å². The number of hydrogen-bond donors (Lipinski definition) is 1. The van der Waals surface area contributed by atoms with E-state index in [9.17, 15) is 4.39 Å². The van der Waals surface area contributed by atoms with Crippen molar-refractivity contribution in [3.63, 3.8) is 0 Å². The molecule has 0 atom stereocenters. The van der Waals surface area contributed by atoms with Crippen molar-refractivity contribution in [2.24, 2.45) is 5.73 Å². The smallest absolute Gasteiger partial charge is 0.123 e. The van der Waals surface area contributed by atoms with Crippen LogP contribution in [0.2, 0.25) is 0 Å². The molecule has 0 saturated heterocycles. The monoisotopic (exact) mass is 197 g/mol. The van der Waals surface area contributed by atoms with Crippen LogP contribution in [0, 0.1) is 5.82 Å². The van der Waals surface area contributed by atoms with Crippen LogP contribution in [0.25, 0.3) is 0 Å². The van der Waals surface area contributed by atoms with Gasteiger partial charge in [-0.2, -0.15) is 0 Å². The Balaban J connectivity index is 1.91. The second kappa shape index (κ2) is 3.68. The molecular formula is C10H12FNS. The molecule has 0 radical (unpaired) electrons. The number of thioether (sulfide) groups is 1. The number of halogens is 1. The summed E-state index contributed by atoms with van der Waals surface area (Å²) in [6, 6.07) is 7.04. The SMILES string of the molecule is NC1CC(Sc2ccc(F)cc2)C1. The van der Waals surface area contributed by atoms with E-state index in [4.69, 9.17) is 5.73 Å². The zero-order valence-corrected chi connectivity index (χ0v) is 8.06. The van der Waals surface area contributed by atoms with E-state index in [2.05, 4.69) is 0 Å². The maximum Gasteiger partial charge on any atom is 0.123 e. The van der Waals surface area contributed by atoms with Crippen LogP contribution in [0.4, 0.5) is 4.39 Å². The number of hydrogen-bond acceptors (Lipinski definition) is 2. The van der Waals surface area contributed by atoms with Gasteiger partial charge in [0.25, 0.3) is 0 Å². The molecule has 0 aliphatic heterocycles. The number of rotatable bonds is 2. The zero-order valence-electron chi connectivity index (χ0n) is 7.24. The van der Waals surface area contributed by atoms with Crippen LogP contribution in [-0.4, -0.2) is 11.3 Å². The molecule has 70 valence electrons. The summed E-state index contributed by atoms with van der Waals surface area (Å²) in [6.07, 6.45) is 2.17. The Morgan fingerprint density at radius 1 is 1.23 bits per heavy atom. The van der Waals surface area contributed by atoms with Crippen LogP contribution in [0.5, 0.6) is 0 Å². The van der Waals surface area contributed by atoms with Crippen LogP contribution < -0.4 is 5.73 Å². The standard InChI is InChI=1S/C10H12FNS/c11-7-1-3-9(4-2-7)13-10-5-8(12)6-10/h1-4,8,10H,5-6,12H2. The molecule has 0 amide bonds. The van der Waals surface area contributed by atoms with Gasteiger partial charge in [0, 0.05) is 16.2 Å². The highest BCUT2D eigenvalue weighted by Gasteiger charge is 2.26. The summed E-state index contributed by atoms with van der Waals surface area (Å²) in [6.45, 7) is 0. The molecule has 1 nitrogen and oxygen atoms in total. The molecule has 1 fully saturated rings. The first-order valence-corrected chi connectivity index (χ1v) is 5.30. The first kappa shape index (κ1) is 9.03. The van der Waals surface area contributed by atoms with Crippen LogP contribution in [-0.2, 0) is 0 Å². The third-order valence-electron chi connectivity index (χ3n) is 2.25. The molecule has 0 spiro atoms. The second-order valence-electron chi connectivity index (χ2n) is 3.43. The maximum atomic E-state index is 12.6. The summed E-state index contributed by atoms with van der Waals surface area (Å²) < 4.78 is 12.6. The molecule has 0 aromatic heterocycles. The molecule has 2 rings (SSSR count). The second-order valence-corrected chi connectivity index (χ2v) is 4.80. The van der Waals surface area contributed by atoms with Crippen molar-refractivity contribution in [1.82, 2.24) is 0 Å². The van der Waals surface area contributed by atoms with Crippen molar-refractivity contribution in [3.8, 4) is 0 Å². The highest BCUT2D eigenvalue weighted by Crippen LogP contribution is 2.35.